The van der Waals surface area contributed by atoms with E-state index >= 15 is 0 Å². The Balaban J connectivity index is 2.09. The molecule has 4 heteroatoms. The summed E-state index contributed by atoms with van der Waals surface area (Å²) in [6, 6.07) is 4.58. The minimum absolute atomic E-state index is 0.0482. The number of ether oxygens (including phenoxy) is 1. The quantitative estimate of drug-likeness (QED) is 0.809. The average Bonchev–Trinajstić information content (AvgIpc) is 2.83. The Morgan fingerprint density at radius 2 is 2.32 bits per heavy atom. The van der Waals surface area contributed by atoms with E-state index in [1.54, 1.807) is 12.1 Å². The molecular weight excluding hydrogens is 265 g/mol. The first kappa shape index (κ1) is 14.8. The van der Waals surface area contributed by atoms with Crippen molar-refractivity contribution in [1.82, 2.24) is 5.32 Å². The number of benzene rings is 1. The Morgan fingerprint density at radius 1 is 1.47 bits per heavy atom. The largest absolute Gasteiger partial charge is 0.381 e. The highest BCUT2D eigenvalue weighted by Crippen LogP contribution is 2.34. The molecule has 1 atom stereocenters. The molecule has 0 saturated carbocycles. The fourth-order valence-electron chi connectivity index (χ4n) is 2.60. The van der Waals surface area contributed by atoms with Crippen LogP contribution in [-0.2, 0) is 11.2 Å². The third-order valence-corrected chi connectivity index (χ3v) is 4.05. The minimum Gasteiger partial charge on any atom is -0.381 e. The molecule has 1 saturated heterocycles. The average molecular weight is 286 g/mol. The molecule has 0 radical (unpaired) electrons. The SMILES string of the molecule is CCCNCC1(Cc2cc(F)ccc2Cl)CCOC1. The lowest BCUT2D eigenvalue weighted by Gasteiger charge is -2.28. The van der Waals surface area contributed by atoms with Crippen LogP contribution in [0.25, 0.3) is 0 Å². The third-order valence-electron chi connectivity index (χ3n) is 3.68. The van der Waals surface area contributed by atoms with E-state index in [4.69, 9.17) is 16.3 Å². The molecule has 19 heavy (non-hydrogen) atoms. The van der Waals surface area contributed by atoms with Gasteiger partial charge in [0.1, 0.15) is 5.82 Å². The highest BCUT2D eigenvalue weighted by Gasteiger charge is 2.35. The molecule has 2 nitrogen and oxygen atoms in total. The molecule has 1 aromatic rings. The molecule has 0 amide bonds. The van der Waals surface area contributed by atoms with Crippen molar-refractivity contribution in [2.45, 2.75) is 26.2 Å². The van der Waals surface area contributed by atoms with Crippen LogP contribution in [0.15, 0.2) is 18.2 Å². The summed E-state index contributed by atoms with van der Waals surface area (Å²) in [5, 5.41) is 4.10. The van der Waals surface area contributed by atoms with Crippen molar-refractivity contribution >= 4 is 11.6 Å². The molecule has 0 bridgehead atoms. The van der Waals surface area contributed by atoms with E-state index in [0.29, 0.717) is 5.02 Å². The third kappa shape index (κ3) is 3.91. The van der Waals surface area contributed by atoms with Crippen molar-refractivity contribution < 1.29 is 9.13 Å². The van der Waals surface area contributed by atoms with Gasteiger partial charge in [-0.25, -0.2) is 4.39 Å². The van der Waals surface area contributed by atoms with Gasteiger partial charge >= 0.3 is 0 Å². The van der Waals surface area contributed by atoms with Crippen LogP contribution in [0, 0.1) is 11.2 Å². The predicted molar refractivity (Wildman–Crippen MR) is 76.1 cm³/mol. The fraction of sp³-hybridized carbons (Fsp3) is 0.600. The summed E-state index contributed by atoms with van der Waals surface area (Å²) < 4.78 is 18.9. The first-order valence-corrected chi connectivity index (χ1v) is 7.25. The normalized spacial score (nSPS) is 22.9. The molecule has 1 N–H and O–H groups in total. The molecule has 1 heterocycles. The number of hydrogen-bond donors (Lipinski definition) is 1. The minimum atomic E-state index is -0.227. The fourth-order valence-corrected chi connectivity index (χ4v) is 2.79. The molecule has 106 valence electrons. The van der Waals surface area contributed by atoms with E-state index in [0.717, 1.165) is 51.1 Å². The first-order valence-electron chi connectivity index (χ1n) is 6.88. The van der Waals surface area contributed by atoms with E-state index in [2.05, 4.69) is 12.2 Å². The smallest absolute Gasteiger partial charge is 0.123 e. The van der Waals surface area contributed by atoms with Gasteiger partial charge in [0.2, 0.25) is 0 Å². The molecule has 0 spiro atoms. The number of hydrogen-bond acceptors (Lipinski definition) is 2. The van der Waals surface area contributed by atoms with Gasteiger partial charge in [-0.3, -0.25) is 0 Å². The van der Waals surface area contributed by atoms with Crippen molar-refractivity contribution in [2.24, 2.45) is 5.41 Å². The Hall–Kier alpha value is -0.640. The summed E-state index contributed by atoms with van der Waals surface area (Å²) in [5.41, 5.74) is 0.928. The Kier molecular flexibility index (Phi) is 5.20. The molecular formula is C15H21ClFNO. The Bertz CT molecular complexity index is 419. The molecule has 2 rings (SSSR count). The van der Waals surface area contributed by atoms with Gasteiger partial charge < -0.3 is 10.1 Å². The first-order chi connectivity index (χ1) is 9.15. The number of rotatable bonds is 6. The van der Waals surface area contributed by atoms with E-state index in [1.165, 1.54) is 6.07 Å². The van der Waals surface area contributed by atoms with Crippen LogP contribution in [0.3, 0.4) is 0 Å². The maximum atomic E-state index is 13.3. The van der Waals surface area contributed by atoms with Crippen LogP contribution in [0.2, 0.25) is 5.02 Å². The van der Waals surface area contributed by atoms with Crippen molar-refractivity contribution in [3.05, 3.63) is 34.6 Å². The standard InChI is InChI=1S/C15H21ClFNO/c1-2-6-18-10-15(5-7-19-11-15)9-12-8-13(17)3-4-14(12)16/h3-4,8,18H,2,5-7,9-11H2,1H3. The van der Waals surface area contributed by atoms with Gasteiger partial charge in [0, 0.05) is 23.6 Å². The topological polar surface area (TPSA) is 21.3 Å². The summed E-state index contributed by atoms with van der Waals surface area (Å²) in [6.07, 6.45) is 2.87. The second-order valence-electron chi connectivity index (χ2n) is 5.39. The van der Waals surface area contributed by atoms with Crippen LogP contribution < -0.4 is 5.32 Å². The second kappa shape index (κ2) is 6.69. The lowest BCUT2D eigenvalue weighted by molar-refractivity contribution is 0.149. The van der Waals surface area contributed by atoms with Gasteiger partial charge in [0.05, 0.1) is 6.61 Å². The maximum Gasteiger partial charge on any atom is 0.123 e. The Labute approximate surface area is 119 Å². The van der Waals surface area contributed by atoms with Crippen LogP contribution in [-0.4, -0.2) is 26.3 Å². The van der Waals surface area contributed by atoms with Gasteiger partial charge in [-0.05, 0) is 49.6 Å². The van der Waals surface area contributed by atoms with Crippen LogP contribution in [0.4, 0.5) is 4.39 Å². The zero-order chi connectivity index (χ0) is 13.7. The van der Waals surface area contributed by atoms with Crippen molar-refractivity contribution in [2.75, 3.05) is 26.3 Å². The lowest BCUT2D eigenvalue weighted by Crippen LogP contribution is -2.37. The van der Waals surface area contributed by atoms with Gasteiger partial charge in [0.25, 0.3) is 0 Å². The highest BCUT2D eigenvalue weighted by molar-refractivity contribution is 6.31. The van der Waals surface area contributed by atoms with Crippen molar-refractivity contribution in [1.29, 1.82) is 0 Å². The van der Waals surface area contributed by atoms with Crippen LogP contribution >= 0.6 is 11.6 Å². The lowest BCUT2D eigenvalue weighted by atomic mass is 9.80. The van der Waals surface area contributed by atoms with E-state index in [-0.39, 0.29) is 11.2 Å². The van der Waals surface area contributed by atoms with E-state index < -0.39 is 0 Å². The van der Waals surface area contributed by atoms with Gasteiger partial charge in [0.15, 0.2) is 0 Å². The highest BCUT2D eigenvalue weighted by atomic mass is 35.5. The summed E-state index contributed by atoms with van der Waals surface area (Å²) in [4.78, 5) is 0. The summed E-state index contributed by atoms with van der Waals surface area (Å²) in [7, 11) is 0. The van der Waals surface area contributed by atoms with Gasteiger partial charge in [-0.1, -0.05) is 18.5 Å². The molecule has 1 aliphatic rings. The monoisotopic (exact) mass is 285 g/mol. The molecule has 0 aliphatic carbocycles. The maximum absolute atomic E-state index is 13.3. The van der Waals surface area contributed by atoms with Crippen molar-refractivity contribution in [3.63, 3.8) is 0 Å². The van der Waals surface area contributed by atoms with Crippen molar-refractivity contribution in [3.8, 4) is 0 Å². The predicted octanol–water partition coefficient (Wildman–Crippen LogP) is 3.43. The van der Waals surface area contributed by atoms with Gasteiger partial charge in [-0.2, -0.15) is 0 Å². The molecule has 0 aromatic heterocycles. The van der Waals surface area contributed by atoms with Gasteiger partial charge in [-0.15, -0.1) is 0 Å². The number of halogens is 2. The summed E-state index contributed by atoms with van der Waals surface area (Å²) in [5.74, 6) is -0.227. The molecule has 1 fully saturated rings. The molecule has 1 aliphatic heterocycles. The number of nitrogens with one attached hydrogen (secondary N) is 1. The molecule has 1 aromatic carbocycles. The second-order valence-corrected chi connectivity index (χ2v) is 5.80. The Morgan fingerprint density at radius 3 is 3.00 bits per heavy atom. The van der Waals surface area contributed by atoms with E-state index in [1.807, 2.05) is 0 Å². The molecule has 1 unspecified atom stereocenters. The summed E-state index contributed by atoms with van der Waals surface area (Å²) >= 11 is 6.17. The zero-order valence-corrected chi connectivity index (χ0v) is 12.1. The van der Waals surface area contributed by atoms with E-state index in [9.17, 15) is 4.39 Å². The van der Waals surface area contributed by atoms with Crippen LogP contribution in [0.1, 0.15) is 25.3 Å². The zero-order valence-electron chi connectivity index (χ0n) is 11.3. The van der Waals surface area contributed by atoms with Crippen LogP contribution in [0.5, 0.6) is 0 Å². The summed E-state index contributed by atoms with van der Waals surface area (Å²) in [6.45, 7) is 5.54.